The zero-order valence-corrected chi connectivity index (χ0v) is 16.2. The van der Waals surface area contributed by atoms with Crippen molar-refractivity contribution >= 4 is 35.0 Å². The number of nitrogens with zero attached hydrogens (tertiary/aromatic N) is 1. The van der Waals surface area contributed by atoms with Crippen LogP contribution in [-0.4, -0.2) is 35.1 Å². The molecule has 2 aromatic rings. The van der Waals surface area contributed by atoms with E-state index in [1.54, 1.807) is 0 Å². The largest absolute Gasteiger partial charge is 0.416 e. The average molecular weight is 433 g/mol. The molecule has 0 bridgehead atoms. The first-order valence-corrected chi connectivity index (χ1v) is 9.35. The van der Waals surface area contributed by atoms with Crippen molar-refractivity contribution in [2.24, 2.45) is 0 Å². The lowest BCUT2D eigenvalue weighted by molar-refractivity contribution is -0.139. The van der Waals surface area contributed by atoms with Gasteiger partial charge in [-0.25, -0.2) is 0 Å². The van der Waals surface area contributed by atoms with E-state index >= 15 is 0 Å². The molecule has 1 saturated heterocycles. The summed E-state index contributed by atoms with van der Waals surface area (Å²) in [5.74, 6) is -1.73. The number of hydrogen-bond donors (Lipinski definition) is 2. The van der Waals surface area contributed by atoms with Gasteiger partial charge in [0.25, 0.3) is 5.91 Å². The Morgan fingerprint density at radius 3 is 2.16 bits per heavy atom. The highest BCUT2D eigenvalue weighted by molar-refractivity contribution is 6.05. The Balaban J connectivity index is 1.60. The molecule has 10 heteroatoms. The number of halogens is 3. The summed E-state index contributed by atoms with van der Waals surface area (Å²) in [7, 11) is 0. The summed E-state index contributed by atoms with van der Waals surface area (Å²) in [6.07, 6.45) is -4.35. The third-order valence-electron chi connectivity index (χ3n) is 4.57. The molecule has 2 aromatic carbocycles. The Labute approximate surface area is 175 Å². The van der Waals surface area contributed by atoms with E-state index in [2.05, 4.69) is 10.6 Å². The van der Waals surface area contributed by atoms with Crippen molar-refractivity contribution in [2.45, 2.75) is 25.4 Å². The Morgan fingerprint density at radius 2 is 1.52 bits per heavy atom. The first kappa shape index (κ1) is 22.0. The van der Waals surface area contributed by atoms with Gasteiger partial charge in [0, 0.05) is 42.7 Å². The van der Waals surface area contributed by atoms with Crippen LogP contribution in [0, 0.1) is 0 Å². The molecule has 1 aliphatic heterocycles. The zero-order chi connectivity index (χ0) is 22.6. The molecule has 0 saturated carbocycles. The van der Waals surface area contributed by atoms with E-state index < -0.39 is 23.6 Å². The smallest absolute Gasteiger partial charge is 0.326 e. The van der Waals surface area contributed by atoms with E-state index in [4.69, 9.17) is 0 Å². The maximum atomic E-state index is 12.8. The summed E-state index contributed by atoms with van der Waals surface area (Å²) in [6, 6.07) is 10.1. The number of imide groups is 1. The number of nitrogens with one attached hydrogen (secondary N) is 2. The van der Waals surface area contributed by atoms with Crippen LogP contribution in [0.3, 0.4) is 0 Å². The predicted molar refractivity (Wildman–Crippen MR) is 105 cm³/mol. The minimum absolute atomic E-state index is 0.0192. The molecule has 1 heterocycles. The van der Waals surface area contributed by atoms with Crippen LogP contribution in [0.5, 0.6) is 0 Å². The second-order valence-corrected chi connectivity index (χ2v) is 6.85. The van der Waals surface area contributed by atoms with Gasteiger partial charge in [-0.15, -0.1) is 0 Å². The van der Waals surface area contributed by atoms with Gasteiger partial charge in [0.2, 0.25) is 17.7 Å². The second kappa shape index (κ2) is 8.99. The van der Waals surface area contributed by atoms with E-state index in [1.807, 2.05) is 0 Å². The van der Waals surface area contributed by atoms with Crippen molar-refractivity contribution in [3.63, 3.8) is 0 Å². The minimum atomic E-state index is -4.53. The standard InChI is InChI=1S/C21H18F3N3O4/c22-21(23,24)14-4-2-6-16(12-14)26-20(31)13-3-1-5-15(11-13)25-17(28)9-10-27-18(29)7-8-19(27)30/h1-6,11-12H,7-10H2,(H,25,28)(H,26,31). The van der Waals surface area contributed by atoms with Crippen LogP contribution >= 0.6 is 0 Å². The second-order valence-electron chi connectivity index (χ2n) is 6.85. The molecular weight excluding hydrogens is 415 g/mol. The Bertz CT molecular complexity index is 1020. The summed E-state index contributed by atoms with van der Waals surface area (Å²) in [5.41, 5.74) is -0.489. The van der Waals surface area contributed by atoms with Crippen molar-refractivity contribution < 1.29 is 32.3 Å². The van der Waals surface area contributed by atoms with E-state index in [0.717, 1.165) is 17.0 Å². The fourth-order valence-electron chi connectivity index (χ4n) is 3.02. The summed E-state index contributed by atoms with van der Waals surface area (Å²) < 4.78 is 38.4. The van der Waals surface area contributed by atoms with Crippen LogP contribution in [0.4, 0.5) is 24.5 Å². The third kappa shape index (κ3) is 5.68. The summed E-state index contributed by atoms with van der Waals surface area (Å²) in [6.45, 7) is -0.0285. The first-order chi connectivity index (χ1) is 14.6. The van der Waals surface area contributed by atoms with Crippen LogP contribution in [-0.2, 0) is 20.6 Å². The van der Waals surface area contributed by atoms with Gasteiger partial charge in [-0.1, -0.05) is 12.1 Å². The van der Waals surface area contributed by atoms with E-state index in [0.29, 0.717) is 5.69 Å². The molecule has 4 amide bonds. The summed E-state index contributed by atoms with van der Waals surface area (Å²) in [5, 5.41) is 4.96. The van der Waals surface area contributed by atoms with Crippen LogP contribution in [0.1, 0.15) is 35.2 Å². The van der Waals surface area contributed by atoms with Gasteiger partial charge in [0.1, 0.15) is 0 Å². The predicted octanol–water partition coefficient (Wildman–Crippen LogP) is 3.44. The van der Waals surface area contributed by atoms with Gasteiger partial charge in [-0.05, 0) is 36.4 Å². The monoisotopic (exact) mass is 433 g/mol. The molecule has 0 spiro atoms. The molecule has 1 aliphatic rings. The number of anilines is 2. The molecule has 2 N–H and O–H groups in total. The van der Waals surface area contributed by atoms with Gasteiger partial charge in [-0.3, -0.25) is 24.1 Å². The van der Waals surface area contributed by atoms with Gasteiger partial charge < -0.3 is 10.6 Å². The number of benzene rings is 2. The van der Waals surface area contributed by atoms with Crippen molar-refractivity contribution in [3.05, 3.63) is 59.7 Å². The van der Waals surface area contributed by atoms with Crippen molar-refractivity contribution in [1.82, 2.24) is 4.90 Å². The highest BCUT2D eigenvalue weighted by Crippen LogP contribution is 2.30. The number of rotatable bonds is 6. The van der Waals surface area contributed by atoms with Gasteiger partial charge in [0.15, 0.2) is 0 Å². The summed E-state index contributed by atoms with van der Waals surface area (Å²) >= 11 is 0. The van der Waals surface area contributed by atoms with Crippen LogP contribution in [0.15, 0.2) is 48.5 Å². The molecule has 162 valence electrons. The number of alkyl halides is 3. The molecule has 7 nitrogen and oxygen atoms in total. The normalized spacial score (nSPS) is 14.0. The highest BCUT2D eigenvalue weighted by Gasteiger charge is 2.30. The quantitative estimate of drug-likeness (QED) is 0.683. The van der Waals surface area contributed by atoms with E-state index in [-0.39, 0.29) is 48.9 Å². The van der Waals surface area contributed by atoms with Crippen molar-refractivity contribution in [3.8, 4) is 0 Å². The molecule has 0 aliphatic carbocycles. The van der Waals surface area contributed by atoms with Crippen molar-refractivity contribution in [1.29, 1.82) is 0 Å². The van der Waals surface area contributed by atoms with Crippen LogP contribution in [0.2, 0.25) is 0 Å². The van der Waals surface area contributed by atoms with Gasteiger partial charge in [0.05, 0.1) is 5.56 Å². The van der Waals surface area contributed by atoms with Crippen LogP contribution in [0.25, 0.3) is 0 Å². The summed E-state index contributed by atoms with van der Waals surface area (Å²) in [4.78, 5) is 48.7. The van der Waals surface area contributed by atoms with E-state index in [9.17, 15) is 32.3 Å². The Hall–Kier alpha value is -3.69. The fourth-order valence-corrected chi connectivity index (χ4v) is 3.02. The average Bonchev–Trinajstić information content (AvgIpc) is 3.03. The SMILES string of the molecule is O=C(CCN1C(=O)CCC1=O)Nc1cccc(C(=O)Nc2cccc(C(F)(F)F)c2)c1. The number of likely N-dealkylation sites (tertiary alicyclic amines) is 1. The molecule has 0 radical (unpaired) electrons. The molecule has 0 atom stereocenters. The number of hydrogen-bond acceptors (Lipinski definition) is 4. The zero-order valence-electron chi connectivity index (χ0n) is 16.2. The topological polar surface area (TPSA) is 95.6 Å². The maximum absolute atomic E-state index is 12.8. The molecule has 3 rings (SSSR count). The number of carbonyl (C=O) groups is 4. The molecule has 0 aromatic heterocycles. The van der Waals surface area contributed by atoms with Gasteiger partial charge >= 0.3 is 6.18 Å². The first-order valence-electron chi connectivity index (χ1n) is 9.35. The van der Waals surface area contributed by atoms with Crippen molar-refractivity contribution in [2.75, 3.05) is 17.2 Å². The molecule has 31 heavy (non-hydrogen) atoms. The lowest BCUT2D eigenvalue weighted by Crippen LogP contribution is -2.32. The lowest BCUT2D eigenvalue weighted by atomic mass is 10.1. The Morgan fingerprint density at radius 1 is 0.903 bits per heavy atom. The third-order valence-corrected chi connectivity index (χ3v) is 4.57. The minimum Gasteiger partial charge on any atom is -0.326 e. The highest BCUT2D eigenvalue weighted by atomic mass is 19.4. The number of amides is 4. The van der Waals surface area contributed by atoms with Crippen LogP contribution < -0.4 is 10.6 Å². The molecule has 1 fully saturated rings. The lowest BCUT2D eigenvalue weighted by Gasteiger charge is -2.13. The molecule has 0 unspecified atom stereocenters. The number of carbonyl (C=O) groups excluding carboxylic acids is 4. The van der Waals surface area contributed by atoms with Gasteiger partial charge in [-0.2, -0.15) is 13.2 Å². The molecular formula is C21H18F3N3O4. The van der Waals surface area contributed by atoms with E-state index in [1.165, 1.54) is 36.4 Å². The fraction of sp³-hybridized carbons (Fsp3) is 0.238. The Kier molecular flexibility index (Phi) is 6.38. The maximum Gasteiger partial charge on any atom is 0.416 e.